The Labute approximate surface area is 119 Å². The molecule has 1 unspecified atom stereocenters. The zero-order chi connectivity index (χ0) is 13.4. The number of aliphatic hydroxyl groups is 1. The maximum absolute atomic E-state index is 10.9. The molecular formula is C12H18BrNO3S. The summed E-state index contributed by atoms with van der Waals surface area (Å²) < 4.78 is 5.65. The SMILES string of the molecule is COC(=O)CCC(O)CNCCc1ccc(Br)s1. The van der Waals surface area contributed by atoms with Gasteiger partial charge in [-0.2, -0.15) is 0 Å². The Morgan fingerprint density at radius 3 is 3.00 bits per heavy atom. The number of carbonyl (C=O) groups excluding carboxylic acids is 1. The molecule has 6 heteroatoms. The molecule has 102 valence electrons. The smallest absolute Gasteiger partial charge is 0.305 e. The summed E-state index contributed by atoms with van der Waals surface area (Å²) in [6, 6.07) is 4.12. The van der Waals surface area contributed by atoms with Crippen molar-refractivity contribution in [2.45, 2.75) is 25.4 Å². The second-order valence-electron chi connectivity index (χ2n) is 3.93. The molecule has 1 atom stereocenters. The fraction of sp³-hybridized carbons (Fsp3) is 0.583. The first-order valence-corrected chi connectivity index (χ1v) is 7.42. The number of nitrogens with one attached hydrogen (secondary N) is 1. The summed E-state index contributed by atoms with van der Waals surface area (Å²) in [5.41, 5.74) is 0. The van der Waals surface area contributed by atoms with Gasteiger partial charge < -0.3 is 15.2 Å². The van der Waals surface area contributed by atoms with E-state index in [1.165, 1.54) is 12.0 Å². The van der Waals surface area contributed by atoms with Crippen LogP contribution in [0.4, 0.5) is 0 Å². The van der Waals surface area contributed by atoms with Crippen molar-refractivity contribution >= 4 is 33.2 Å². The first-order chi connectivity index (χ1) is 8.61. The predicted octanol–water partition coefficient (Wildman–Crippen LogP) is 1.96. The summed E-state index contributed by atoms with van der Waals surface area (Å²) in [5, 5.41) is 12.8. The van der Waals surface area contributed by atoms with E-state index in [9.17, 15) is 9.90 Å². The second-order valence-corrected chi connectivity index (χ2v) is 6.48. The second kappa shape index (κ2) is 8.63. The number of thiophene rings is 1. The minimum Gasteiger partial charge on any atom is -0.469 e. The first-order valence-electron chi connectivity index (χ1n) is 5.81. The molecule has 0 aliphatic rings. The van der Waals surface area contributed by atoms with Crippen molar-refractivity contribution in [2.24, 2.45) is 0 Å². The van der Waals surface area contributed by atoms with E-state index >= 15 is 0 Å². The van der Waals surface area contributed by atoms with Crippen molar-refractivity contribution in [3.05, 3.63) is 20.8 Å². The van der Waals surface area contributed by atoms with Gasteiger partial charge in [-0.05, 0) is 40.9 Å². The predicted molar refractivity (Wildman–Crippen MR) is 75.8 cm³/mol. The summed E-state index contributed by atoms with van der Waals surface area (Å²) in [7, 11) is 1.35. The van der Waals surface area contributed by atoms with Crippen LogP contribution in [0.15, 0.2) is 15.9 Å². The highest BCUT2D eigenvalue weighted by Gasteiger charge is 2.07. The Bertz CT molecular complexity index is 370. The summed E-state index contributed by atoms with van der Waals surface area (Å²) in [5.74, 6) is -0.280. The molecule has 0 aliphatic heterocycles. The maximum Gasteiger partial charge on any atom is 0.305 e. The van der Waals surface area contributed by atoms with Crippen LogP contribution < -0.4 is 5.32 Å². The quantitative estimate of drug-likeness (QED) is 0.563. The van der Waals surface area contributed by atoms with E-state index in [0.717, 1.165) is 16.8 Å². The van der Waals surface area contributed by atoms with E-state index in [4.69, 9.17) is 0 Å². The van der Waals surface area contributed by atoms with Crippen LogP contribution in [0.3, 0.4) is 0 Å². The lowest BCUT2D eigenvalue weighted by Gasteiger charge is -2.10. The molecule has 0 bridgehead atoms. The van der Waals surface area contributed by atoms with Gasteiger partial charge in [-0.25, -0.2) is 0 Å². The minimum absolute atomic E-state index is 0.261. The average molecular weight is 336 g/mol. The molecule has 0 saturated heterocycles. The molecule has 1 rings (SSSR count). The van der Waals surface area contributed by atoms with Gasteiger partial charge in [-0.15, -0.1) is 11.3 Å². The molecule has 1 heterocycles. The third kappa shape index (κ3) is 6.49. The number of aliphatic hydroxyl groups excluding tert-OH is 1. The highest BCUT2D eigenvalue weighted by Crippen LogP contribution is 2.21. The van der Waals surface area contributed by atoms with Crippen LogP contribution in [-0.4, -0.2) is 37.4 Å². The van der Waals surface area contributed by atoms with Crippen molar-refractivity contribution < 1.29 is 14.6 Å². The lowest BCUT2D eigenvalue weighted by molar-refractivity contribution is -0.141. The fourth-order valence-corrected chi connectivity index (χ4v) is 2.94. The molecule has 18 heavy (non-hydrogen) atoms. The van der Waals surface area contributed by atoms with Crippen LogP contribution in [0.5, 0.6) is 0 Å². The third-order valence-corrected chi connectivity index (χ3v) is 4.15. The van der Waals surface area contributed by atoms with Crippen LogP contribution in [-0.2, 0) is 16.0 Å². The van der Waals surface area contributed by atoms with Crippen LogP contribution in [0, 0.1) is 0 Å². The van der Waals surface area contributed by atoms with Crippen molar-refractivity contribution in [3.8, 4) is 0 Å². The number of rotatable bonds is 8. The van der Waals surface area contributed by atoms with Gasteiger partial charge in [0.25, 0.3) is 0 Å². The fourth-order valence-electron chi connectivity index (χ4n) is 1.45. The van der Waals surface area contributed by atoms with Gasteiger partial charge in [-0.3, -0.25) is 4.79 Å². The Morgan fingerprint density at radius 1 is 1.61 bits per heavy atom. The molecule has 0 amide bonds. The van der Waals surface area contributed by atoms with Gasteiger partial charge in [0, 0.05) is 24.4 Å². The number of esters is 1. The lowest BCUT2D eigenvalue weighted by Crippen LogP contribution is -2.28. The number of hydrogen-bond acceptors (Lipinski definition) is 5. The number of halogens is 1. The first kappa shape index (κ1) is 15.6. The van der Waals surface area contributed by atoms with Gasteiger partial charge in [0.2, 0.25) is 0 Å². The lowest BCUT2D eigenvalue weighted by atomic mass is 10.2. The summed E-state index contributed by atoms with van der Waals surface area (Å²) in [4.78, 5) is 12.2. The van der Waals surface area contributed by atoms with Crippen LogP contribution in [0.25, 0.3) is 0 Å². The molecule has 0 radical (unpaired) electrons. The minimum atomic E-state index is -0.501. The molecule has 0 aromatic carbocycles. The summed E-state index contributed by atoms with van der Waals surface area (Å²) >= 11 is 5.14. The van der Waals surface area contributed by atoms with Crippen molar-refractivity contribution in [1.82, 2.24) is 5.32 Å². The van der Waals surface area contributed by atoms with Gasteiger partial charge >= 0.3 is 5.97 Å². The molecule has 0 spiro atoms. The molecule has 0 saturated carbocycles. The van der Waals surface area contributed by atoms with Crippen LogP contribution in [0.1, 0.15) is 17.7 Å². The van der Waals surface area contributed by atoms with Crippen molar-refractivity contribution in [1.29, 1.82) is 0 Å². The third-order valence-electron chi connectivity index (χ3n) is 2.47. The number of carbonyl (C=O) groups is 1. The topological polar surface area (TPSA) is 58.6 Å². The highest BCUT2D eigenvalue weighted by molar-refractivity contribution is 9.11. The number of ether oxygens (including phenoxy) is 1. The molecule has 2 N–H and O–H groups in total. The van der Waals surface area contributed by atoms with E-state index in [1.54, 1.807) is 11.3 Å². The molecule has 1 aromatic rings. The standard InChI is InChI=1S/C12H18BrNO3S/c1-17-12(16)5-2-9(15)8-14-7-6-10-3-4-11(13)18-10/h3-4,9,14-15H,2,5-8H2,1H3. The van der Waals surface area contributed by atoms with E-state index in [2.05, 4.69) is 32.0 Å². The molecule has 4 nitrogen and oxygen atoms in total. The molecule has 0 aliphatic carbocycles. The van der Waals surface area contributed by atoms with Crippen LogP contribution >= 0.6 is 27.3 Å². The summed E-state index contributed by atoms with van der Waals surface area (Å²) in [6.45, 7) is 1.33. The normalized spacial score (nSPS) is 12.4. The van der Waals surface area contributed by atoms with Crippen LogP contribution in [0.2, 0.25) is 0 Å². The van der Waals surface area contributed by atoms with Gasteiger partial charge in [0.15, 0.2) is 0 Å². The van der Waals surface area contributed by atoms with E-state index in [1.807, 2.05) is 6.07 Å². The monoisotopic (exact) mass is 335 g/mol. The Hall–Kier alpha value is -0.430. The van der Waals surface area contributed by atoms with Gasteiger partial charge in [0.1, 0.15) is 0 Å². The number of hydrogen-bond donors (Lipinski definition) is 2. The molecular weight excluding hydrogens is 318 g/mol. The van der Waals surface area contributed by atoms with Gasteiger partial charge in [-0.1, -0.05) is 0 Å². The maximum atomic E-state index is 10.9. The van der Waals surface area contributed by atoms with Gasteiger partial charge in [0.05, 0.1) is 17.0 Å². The van der Waals surface area contributed by atoms with E-state index in [-0.39, 0.29) is 12.4 Å². The van der Waals surface area contributed by atoms with Crippen molar-refractivity contribution in [3.63, 3.8) is 0 Å². The van der Waals surface area contributed by atoms with Crippen molar-refractivity contribution in [2.75, 3.05) is 20.2 Å². The van der Waals surface area contributed by atoms with E-state index < -0.39 is 6.10 Å². The highest BCUT2D eigenvalue weighted by atomic mass is 79.9. The number of methoxy groups -OCH3 is 1. The summed E-state index contributed by atoms with van der Waals surface area (Å²) in [6.07, 6.45) is 1.14. The zero-order valence-corrected chi connectivity index (χ0v) is 12.7. The zero-order valence-electron chi connectivity index (χ0n) is 10.3. The Balaban J connectivity index is 2.05. The largest absolute Gasteiger partial charge is 0.469 e. The average Bonchev–Trinajstić information content (AvgIpc) is 2.77. The van der Waals surface area contributed by atoms with E-state index in [0.29, 0.717) is 13.0 Å². The Morgan fingerprint density at radius 2 is 2.39 bits per heavy atom. The molecule has 0 fully saturated rings. The Kier molecular flexibility index (Phi) is 7.50. The molecule has 1 aromatic heterocycles.